The molecule has 1 N–H and O–H groups in total. The van der Waals surface area contributed by atoms with Crippen molar-refractivity contribution >= 4 is 44.8 Å². The van der Waals surface area contributed by atoms with Gasteiger partial charge >= 0.3 is 6.18 Å². The Hall–Kier alpha value is -2.38. The van der Waals surface area contributed by atoms with Crippen LogP contribution in [0.25, 0.3) is 0 Å². The molecular formula is C22H25ClF3N5O3S2. The molecule has 4 rings (SSSR count). The van der Waals surface area contributed by atoms with Crippen LogP contribution in [-0.2, 0) is 27.4 Å². The number of aryl methyl sites for hydroxylation is 1. The average Bonchev–Trinajstić information content (AvgIpc) is 3.50. The minimum Gasteiger partial charge on any atom is -0.341 e. The van der Waals surface area contributed by atoms with Gasteiger partial charge in [-0.25, -0.2) is 18.4 Å². The van der Waals surface area contributed by atoms with Crippen LogP contribution in [0, 0.1) is 5.92 Å². The van der Waals surface area contributed by atoms with Gasteiger partial charge in [-0.1, -0.05) is 11.6 Å². The third kappa shape index (κ3) is 6.88. The molecule has 14 heteroatoms. The van der Waals surface area contributed by atoms with E-state index >= 15 is 0 Å². The molecule has 2 saturated heterocycles. The molecule has 36 heavy (non-hydrogen) atoms. The van der Waals surface area contributed by atoms with Crippen LogP contribution >= 0.6 is 22.9 Å². The summed E-state index contributed by atoms with van der Waals surface area (Å²) in [6, 6.07) is 4.37. The molecule has 8 nitrogen and oxygen atoms in total. The number of piperidine rings is 1. The van der Waals surface area contributed by atoms with Gasteiger partial charge in [0.2, 0.25) is 21.9 Å². The van der Waals surface area contributed by atoms with E-state index in [1.807, 2.05) is 0 Å². The van der Waals surface area contributed by atoms with Crippen LogP contribution in [0.5, 0.6) is 0 Å². The molecule has 2 aromatic heterocycles. The van der Waals surface area contributed by atoms with Gasteiger partial charge in [0.25, 0.3) is 0 Å². The van der Waals surface area contributed by atoms with Crippen LogP contribution in [-0.4, -0.2) is 61.1 Å². The minimum atomic E-state index is -4.54. The molecule has 0 atom stereocenters. The van der Waals surface area contributed by atoms with Gasteiger partial charge in [-0.2, -0.15) is 13.2 Å². The second-order valence-electron chi connectivity index (χ2n) is 8.71. The summed E-state index contributed by atoms with van der Waals surface area (Å²) >= 11 is 7.22. The van der Waals surface area contributed by atoms with E-state index in [1.54, 1.807) is 21.9 Å². The van der Waals surface area contributed by atoms with E-state index in [-0.39, 0.29) is 23.5 Å². The average molecular weight is 564 g/mol. The highest BCUT2D eigenvalue weighted by Crippen LogP contribution is 2.30. The summed E-state index contributed by atoms with van der Waals surface area (Å²) in [6.07, 6.45) is -0.0825. The van der Waals surface area contributed by atoms with Crippen molar-refractivity contribution in [2.24, 2.45) is 5.92 Å². The number of halogens is 4. The van der Waals surface area contributed by atoms with Crippen LogP contribution in [0.15, 0.2) is 36.2 Å². The highest BCUT2D eigenvalue weighted by Gasteiger charge is 2.35. The standard InChI is InChI=1S/C22H25ClF3N5O3S2/c23-19-2-1-17(35-19)7-12-36(33,34)28-13-15-4-9-31(14-15)20(32)16-5-10-30(11-6-16)21-27-8-3-18(29-21)22(24,25)26/h1-3,8,13,16,28H,4-7,9-12,14H2. The predicted octanol–water partition coefficient (Wildman–Crippen LogP) is 3.71. The van der Waals surface area contributed by atoms with Crippen molar-refractivity contribution in [1.82, 2.24) is 19.6 Å². The van der Waals surface area contributed by atoms with Crippen molar-refractivity contribution in [3.63, 3.8) is 0 Å². The van der Waals surface area contributed by atoms with Crippen LogP contribution in [0.1, 0.15) is 29.8 Å². The third-order valence-corrected chi connectivity index (χ3v) is 8.67. The zero-order valence-corrected chi connectivity index (χ0v) is 21.6. The van der Waals surface area contributed by atoms with E-state index < -0.39 is 21.9 Å². The maximum atomic E-state index is 13.0. The molecule has 4 heterocycles. The maximum Gasteiger partial charge on any atom is 0.433 e. The predicted molar refractivity (Wildman–Crippen MR) is 131 cm³/mol. The van der Waals surface area contributed by atoms with Gasteiger partial charge in [0, 0.05) is 49.4 Å². The normalized spacial score (nSPS) is 18.7. The Labute approximate surface area is 216 Å². The van der Waals surface area contributed by atoms with Gasteiger partial charge in [-0.05, 0) is 49.5 Å². The Morgan fingerprint density at radius 3 is 2.64 bits per heavy atom. The number of hydrogen-bond acceptors (Lipinski definition) is 7. The molecule has 0 saturated carbocycles. The molecule has 1 amide bonds. The first-order valence-electron chi connectivity index (χ1n) is 11.4. The zero-order chi connectivity index (χ0) is 25.9. The Balaban J connectivity index is 1.25. The summed E-state index contributed by atoms with van der Waals surface area (Å²) in [5.41, 5.74) is -0.172. The smallest absolute Gasteiger partial charge is 0.341 e. The Bertz CT molecular complexity index is 1230. The number of nitrogens with one attached hydrogen (secondary N) is 1. The van der Waals surface area contributed by atoms with Gasteiger partial charge in [-0.3, -0.25) is 9.52 Å². The van der Waals surface area contributed by atoms with Crippen molar-refractivity contribution in [2.45, 2.75) is 31.9 Å². The summed E-state index contributed by atoms with van der Waals surface area (Å²) in [7, 11) is -3.52. The second kappa shape index (κ2) is 10.9. The molecule has 0 aliphatic carbocycles. The monoisotopic (exact) mass is 563 g/mol. The van der Waals surface area contributed by atoms with E-state index in [2.05, 4.69) is 14.7 Å². The van der Waals surface area contributed by atoms with Crippen molar-refractivity contribution in [3.8, 4) is 0 Å². The number of sulfonamides is 1. The van der Waals surface area contributed by atoms with E-state index in [0.29, 0.717) is 56.2 Å². The quantitative estimate of drug-likeness (QED) is 0.552. The molecule has 2 aromatic rings. The van der Waals surface area contributed by atoms with Crippen molar-refractivity contribution in [1.29, 1.82) is 0 Å². The summed E-state index contributed by atoms with van der Waals surface area (Å²) in [4.78, 5) is 24.8. The van der Waals surface area contributed by atoms with Gasteiger partial charge in [-0.15, -0.1) is 11.3 Å². The number of carbonyl (C=O) groups is 1. The molecule has 0 bridgehead atoms. The number of likely N-dealkylation sites (tertiary alicyclic amines) is 1. The van der Waals surface area contributed by atoms with E-state index in [9.17, 15) is 26.4 Å². The fourth-order valence-corrected chi connectivity index (χ4v) is 6.35. The lowest BCUT2D eigenvalue weighted by Gasteiger charge is -2.33. The number of nitrogens with zero attached hydrogens (tertiary/aromatic N) is 4. The fraction of sp³-hybridized carbons (Fsp3) is 0.500. The number of thiophene rings is 1. The summed E-state index contributed by atoms with van der Waals surface area (Å²) < 4.78 is 66.5. The van der Waals surface area contributed by atoms with Crippen molar-refractivity contribution in [2.75, 3.05) is 36.8 Å². The minimum absolute atomic E-state index is 0.0107. The number of amides is 1. The number of aromatic nitrogens is 2. The highest BCUT2D eigenvalue weighted by molar-refractivity contribution is 7.89. The van der Waals surface area contributed by atoms with Gasteiger partial charge in [0.05, 0.1) is 10.1 Å². The van der Waals surface area contributed by atoms with Crippen LogP contribution < -0.4 is 9.62 Å². The SMILES string of the molecule is O=C(C1CCN(c2nccc(C(F)(F)F)n2)CC1)N1CCC(=CNS(=O)(=O)CCc2ccc(Cl)s2)C1. The fourth-order valence-electron chi connectivity index (χ4n) is 4.18. The lowest BCUT2D eigenvalue weighted by Crippen LogP contribution is -2.42. The second-order valence-corrected chi connectivity index (χ2v) is 12.4. The summed E-state index contributed by atoms with van der Waals surface area (Å²) in [6.45, 7) is 1.60. The van der Waals surface area contributed by atoms with Gasteiger partial charge < -0.3 is 9.80 Å². The van der Waals surface area contributed by atoms with Crippen molar-refractivity contribution in [3.05, 3.63) is 51.1 Å². The first-order chi connectivity index (χ1) is 17.0. The highest BCUT2D eigenvalue weighted by atomic mass is 35.5. The number of carbonyl (C=O) groups excluding carboxylic acids is 1. The molecular weight excluding hydrogens is 539 g/mol. The Morgan fingerprint density at radius 1 is 1.22 bits per heavy atom. The van der Waals surface area contributed by atoms with Crippen LogP contribution in [0.4, 0.5) is 19.1 Å². The Kier molecular flexibility index (Phi) is 8.10. The van der Waals surface area contributed by atoms with Crippen LogP contribution in [0.3, 0.4) is 0 Å². The summed E-state index contributed by atoms with van der Waals surface area (Å²) in [5, 5.41) is 0. The molecule has 0 radical (unpaired) electrons. The molecule has 0 spiro atoms. The third-order valence-electron chi connectivity index (χ3n) is 6.16. The van der Waals surface area contributed by atoms with E-state index in [1.165, 1.54) is 17.5 Å². The zero-order valence-electron chi connectivity index (χ0n) is 19.2. The Morgan fingerprint density at radius 2 is 1.97 bits per heavy atom. The lowest BCUT2D eigenvalue weighted by atomic mass is 9.95. The summed E-state index contributed by atoms with van der Waals surface area (Å²) in [5.74, 6) is -0.331. The molecule has 0 unspecified atom stereocenters. The number of hydrogen-bond donors (Lipinski definition) is 1. The molecule has 2 aliphatic heterocycles. The number of anilines is 1. The largest absolute Gasteiger partial charge is 0.433 e. The topological polar surface area (TPSA) is 95.5 Å². The van der Waals surface area contributed by atoms with Crippen LogP contribution in [0.2, 0.25) is 4.34 Å². The van der Waals surface area contributed by atoms with Gasteiger partial charge in [0.1, 0.15) is 5.69 Å². The van der Waals surface area contributed by atoms with E-state index in [4.69, 9.17) is 11.6 Å². The number of alkyl halides is 3. The molecule has 0 aromatic carbocycles. The first-order valence-corrected chi connectivity index (χ1v) is 14.2. The maximum absolute atomic E-state index is 13.0. The van der Waals surface area contributed by atoms with Gasteiger partial charge in [0.15, 0.2) is 0 Å². The first kappa shape index (κ1) is 26.7. The number of rotatable bonds is 7. The molecule has 196 valence electrons. The molecule has 2 fully saturated rings. The lowest BCUT2D eigenvalue weighted by molar-refractivity contribution is -0.141. The van der Waals surface area contributed by atoms with E-state index in [0.717, 1.165) is 22.7 Å². The molecule has 2 aliphatic rings. The van der Waals surface area contributed by atoms with Crippen molar-refractivity contribution < 1.29 is 26.4 Å².